The van der Waals surface area contributed by atoms with Crippen molar-refractivity contribution in [2.45, 2.75) is 33.6 Å². The molecule has 2 radical (unpaired) electrons. The van der Waals surface area contributed by atoms with Gasteiger partial charge in [-0.3, -0.25) is 0 Å². The predicted molar refractivity (Wildman–Crippen MR) is 96.9 cm³/mol. The van der Waals surface area contributed by atoms with Crippen LogP contribution < -0.4 is 24.0 Å². The van der Waals surface area contributed by atoms with Gasteiger partial charge in [0.05, 0.1) is 0 Å². The van der Waals surface area contributed by atoms with E-state index >= 15 is 0 Å². The summed E-state index contributed by atoms with van der Waals surface area (Å²) in [5.74, 6) is 1.51. The van der Waals surface area contributed by atoms with Gasteiger partial charge in [0.2, 0.25) is 0 Å². The molecule has 2 aromatic rings. The van der Waals surface area contributed by atoms with Crippen molar-refractivity contribution < 1.29 is 24.0 Å². The van der Waals surface area contributed by atoms with Gasteiger partial charge in [-0.25, -0.2) is 0 Å². The van der Waals surface area contributed by atoms with Crippen LogP contribution in [0.2, 0.25) is 0 Å². The molecule has 0 bridgehead atoms. The van der Waals surface area contributed by atoms with E-state index in [1.54, 1.807) is 0 Å². The maximum absolute atomic E-state index is 12.1. The van der Waals surface area contributed by atoms with Crippen LogP contribution >= 0.6 is 0 Å². The van der Waals surface area contributed by atoms with Gasteiger partial charge in [0, 0.05) is 24.8 Å². The first-order valence-corrected chi connectivity index (χ1v) is 7.83. The standard InChI is InChI=1S/C21H25O.2Li/c1-21(2,3)20(22)16-10-15-19(17-11-6-4-7-12-17)18-13-8-5-9-14-18;;/h4-9,11-14,16,22H,10,15H2,1-3H3;;/q;;+1/p-1/b20-16-;;. The first-order valence-electron chi connectivity index (χ1n) is 7.83. The molecule has 0 saturated carbocycles. The first kappa shape index (κ1) is 23.2. The predicted octanol–water partition coefficient (Wildman–Crippen LogP) is 1.35. The summed E-state index contributed by atoms with van der Waals surface area (Å²) in [5.41, 5.74) is 2.16. The molecule has 0 atom stereocenters. The van der Waals surface area contributed by atoms with Crippen LogP contribution in [0.3, 0.4) is 0 Å². The van der Waals surface area contributed by atoms with E-state index in [0.717, 1.165) is 12.8 Å². The van der Waals surface area contributed by atoms with Gasteiger partial charge >= 0.3 is 18.9 Å². The van der Waals surface area contributed by atoms with Gasteiger partial charge in [-0.15, -0.1) is 5.76 Å². The third kappa shape index (κ3) is 6.97. The molecule has 0 aliphatic rings. The van der Waals surface area contributed by atoms with Crippen LogP contribution in [0.1, 0.15) is 44.7 Å². The van der Waals surface area contributed by atoms with Crippen LogP contribution in [0, 0.1) is 11.3 Å². The van der Waals surface area contributed by atoms with E-state index in [9.17, 15) is 5.11 Å². The zero-order chi connectivity index (χ0) is 16.0. The van der Waals surface area contributed by atoms with Gasteiger partial charge in [-0.1, -0.05) is 87.5 Å². The third-order valence-electron chi connectivity index (χ3n) is 3.71. The van der Waals surface area contributed by atoms with Crippen molar-refractivity contribution >= 4 is 18.9 Å². The largest absolute Gasteiger partial charge is 1.00 e. The molecule has 3 heteroatoms. The Morgan fingerprint density at radius 3 is 1.67 bits per heavy atom. The van der Waals surface area contributed by atoms with Crippen molar-refractivity contribution in [2.75, 3.05) is 0 Å². The van der Waals surface area contributed by atoms with Gasteiger partial charge in [0.15, 0.2) is 0 Å². The minimum absolute atomic E-state index is 0. The van der Waals surface area contributed by atoms with Gasteiger partial charge < -0.3 is 5.11 Å². The maximum Gasteiger partial charge on any atom is 1.00 e. The summed E-state index contributed by atoms with van der Waals surface area (Å²) in [7, 11) is 0. The van der Waals surface area contributed by atoms with Crippen molar-refractivity contribution in [3.05, 3.63) is 89.5 Å². The molecule has 0 amide bonds. The number of hydrogen-bond acceptors (Lipinski definition) is 1. The van der Waals surface area contributed by atoms with Gasteiger partial charge in [0.1, 0.15) is 0 Å². The Morgan fingerprint density at radius 1 is 0.875 bits per heavy atom. The van der Waals surface area contributed by atoms with Crippen molar-refractivity contribution in [3.8, 4) is 0 Å². The Labute approximate surface area is 170 Å². The Morgan fingerprint density at radius 2 is 1.29 bits per heavy atom. The molecule has 0 aromatic heterocycles. The zero-order valence-corrected chi connectivity index (χ0v) is 15.7. The molecule has 2 aromatic carbocycles. The second kappa shape index (κ2) is 10.9. The molecule has 0 fully saturated rings. The summed E-state index contributed by atoms with van der Waals surface area (Å²) in [6, 6.07) is 20.8. The van der Waals surface area contributed by atoms with Crippen LogP contribution in [-0.2, 0) is 0 Å². The second-order valence-electron chi connectivity index (χ2n) is 6.57. The van der Waals surface area contributed by atoms with E-state index < -0.39 is 0 Å². The molecule has 0 aliphatic heterocycles. The number of benzene rings is 2. The monoisotopic (exact) mass is 306 g/mol. The zero-order valence-electron chi connectivity index (χ0n) is 15.7. The van der Waals surface area contributed by atoms with E-state index in [1.807, 2.05) is 39.0 Å². The number of hydrogen-bond donors (Lipinski definition) is 0. The molecule has 0 spiro atoms. The van der Waals surface area contributed by atoms with Crippen molar-refractivity contribution in [1.29, 1.82) is 0 Å². The smallest absolute Gasteiger partial charge is 0.875 e. The van der Waals surface area contributed by atoms with Crippen LogP contribution in [0.5, 0.6) is 0 Å². The summed E-state index contributed by atoms with van der Waals surface area (Å²) in [6.07, 6.45) is 3.48. The number of allylic oxidation sites excluding steroid dienone is 2. The molecular weight excluding hydrogens is 282 g/mol. The van der Waals surface area contributed by atoms with Crippen LogP contribution in [-0.4, -0.2) is 18.9 Å². The Hall–Kier alpha value is -0.825. The molecule has 24 heavy (non-hydrogen) atoms. The average molecular weight is 306 g/mol. The molecule has 2 rings (SSSR count). The Balaban J connectivity index is 0.00000264. The fourth-order valence-corrected chi connectivity index (χ4v) is 2.39. The van der Waals surface area contributed by atoms with Crippen LogP contribution in [0.25, 0.3) is 0 Å². The fourth-order valence-electron chi connectivity index (χ4n) is 2.39. The van der Waals surface area contributed by atoms with Gasteiger partial charge in [0.25, 0.3) is 0 Å². The summed E-state index contributed by atoms with van der Waals surface area (Å²) < 4.78 is 0. The molecule has 0 N–H and O–H groups in total. The van der Waals surface area contributed by atoms with E-state index in [4.69, 9.17) is 0 Å². The van der Waals surface area contributed by atoms with E-state index in [2.05, 4.69) is 48.5 Å². The molecule has 116 valence electrons. The minimum Gasteiger partial charge on any atom is -0.875 e. The fraction of sp³-hybridized carbons (Fsp3) is 0.286. The van der Waals surface area contributed by atoms with Gasteiger partial charge in [-0.2, -0.15) is 0 Å². The number of rotatable bonds is 5. The summed E-state index contributed by atoms with van der Waals surface area (Å²) in [6.45, 7) is 5.89. The van der Waals surface area contributed by atoms with Crippen molar-refractivity contribution in [1.82, 2.24) is 0 Å². The van der Waals surface area contributed by atoms with Crippen LogP contribution in [0.15, 0.2) is 72.5 Å². The molecule has 0 unspecified atom stereocenters. The minimum atomic E-state index is -0.292. The van der Waals surface area contributed by atoms with Crippen molar-refractivity contribution in [3.63, 3.8) is 0 Å². The SMILES string of the molecule is CC(C)(C)/C([O-])=C/CC[C](c1ccccc1)c1ccccc1.[Li+].[Li]. The van der Waals surface area contributed by atoms with E-state index in [1.165, 1.54) is 17.0 Å². The second-order valence-corrected chi connectivity index (χ2v) is 6.57. The Bertz CT molecular complexity index is 561. The van der Waals surface area contributed by atoms with E-state index in [0.29, 0.717) is 0 Å². The average Bonchev–Trinajstić information content (AvgIpc) is 2.52. The molecule has 1 nitrogen and oxygen atoms in total. The summed E-state index contributed by atoms with van der Waals surface area (Å²) in [4.78, 5) is 0. The summed E-state index contributed by atoms with van der Waals surface area (Å²) in [5, 5.41) is 12.1. The summed E-state index contributed by atoms with van der Waals surface area (Å²) >= 11 is 0. The van der Waals surface area contributed by atoms with Crippen LogP contribution in [0.4, 0.5) is 0 Å². The topological polar surface area (TPSA) is 23.1 Å². The first-order chi connectivity index (χ1) is 10.5. The van der Waals surface area contributed by atoms with Gasteiger partial charge in [-0.05, 0) is 29.4 Å². The normalized spacial score (nSPS) is 11.6. The molecule has 0 aliphatic carbocycles. The molecule has 0 saturated heterocycles. The Kier molecular flexibility index (Phi) is 10.5. The molecule has 0 heterocycles. The van der Waals surface area contributed by atoms with Crippen molar-refractivity contribution in [2.24, 2.45) is 5.41 Å². The molecular formula is C21H24Li2O. The maximum atomic E-state index is 12.1. The van der Waals surface area contributed by atoms with E-state index in [-0.39, 0.29) is 48.9 Å². The quantitative estimate of drug-likeness (QED) is 0.604. The third-order valence-corrected chi connectivity index (χ3v) is 3.71.